The summed E-state index contributed by atoms with van der Waals surface area (Å²) in [6, 6.07) is 5.19. The van der Waals surface area contributed by atoms with E-state index in [0.717, 1.165) is 31.7 Å². The normalized spacial score (nSPS) is 17.8. The molecule has 0 saturated carbocycles. The maximum absolute atomic E-state index is 14.0. The molecule has 108 valence electrons. The van der Waals surface area contributed by atoms with E-state index in [2.05, 4.69) is 10.2 Å². The summed E-state index contributed by atoms with van der Waals surface area (Å²) in [6.07, 6.45) is 0.584. The van der Waals surface area contributed by atoms with Gasteiger partial charge >= 0.3 is 0 Å². The fraction of sp³-hybridized carbons (Fsp3) is 0.571. The van der Waals surface area contributed by atoms with Crippen LogP contribution in [0.5, 0.6) is 0 Å². The average molecular weight is 289 g/mol. The number of aliphatic hydroxyl groups excluding tert-OH is 1. The Morgan fingerprint density at radius 2 is 2.05 bits per heavy atom. The third-order valence-corrected chi connectivity index (χ3v) is 3.51. The molecule has 0 aromatic heterocycles. The van der Waals surface area contributed by atoms with Crippen molar-refractivity contribution in [3.8, 4) is 0 Å². The smallest absolute Gasteiger partial charge is 0.128 e. The zero-order valence-corrected chi connectivity index (χ0v) is 12.0. The van der Waals surface area contributed by atoms with Gasteiger partial charge in [0.25, 0.3) is 0 Å². The molecule has 0 unspecified atom stereocenters. The number of piperazine rings is 1. The van der Waals surface area contributed by atoms with Crippen LogP contribution in [0.3, 0.4) is 0 Å². The Morgan fingerprint density at radius 1 is 1.37 bits per heavy atom. The Labute approximate surface area is 120 Å². The molecule has 1 heterocycles. The molecule has 1 aliphatic rings. The molecule has 0 bridgehead atoms. The van der Waals surface area contributed by atoms with Crippen LogP contribution < -0.4 is 5.32 Å². The lowest BCUT2D eigenvalue weighted by atomic mass is 9.99. The summed E-state index contributed by atoms with van der Waals surface area (Å²) >= 11 is 0. The Kier molecular flexibility index (Phi) is 6.72. The van der Waals surface area contributed by atoms with Gasteiger partial charge in [0.05, 0.1) is 0 Å². The van der Waals surface area contributed by atoms with E-state index < -0.39 is 0 Å². The van der Waals surface area contributed by atoms with Gasteiger partial charge in [-0.2, -0.15) is 0 Å². The standard InChI is InChI=1S/C14H21FN2O.ClH/c1-11-2-3-13(15)12(10-11)14(4-9-18)17-7-5-16-6-8-17;/h2-3,10,14,16,18H,4-9H2,1H3;1H/t14-;/m0./s1. The van der Waals surface area contributed by atoms with Crippen molar-refractivity contribution in [2.75, 3.05) is 32.8 Å². The molecule has 0 aliphatic carbocycles. The van der Waals surface area contributed by atoms with Gasteiger partial charge in [-0.05, 0) is 19.4 Å². The zero-order valence-electron chi connectivity index (χ0n) is 11.2. The van der Waals surface area contributed by atoms with Crippen molar-refractivity contribution >= 4 is 12.4 Å². The van der Waals surface area contributed by atoms with Crippen LogP contribution in [0.25, 0.3) is 0 Å². The Hall–Kier alpha value is -0.680. The molecule has 1 aliphatic heterocycles. The number of aliphatic hydroxyl groups is 1. The molecule has 1 fully saturated rings. The molecule has 1 saturated heterocycles. The molecule has 1 aromatic carbocycles. The predicted octanol–water partition coefficient (Wildman–Crippen LogP) is 1.88. The second-order valence-corrected chi connectivity index (χ2v) is 4.84. The van der Waals surface area contributed by atoms with Crippen molar-refractivity contribution in [1.82, 2.24) is 10.2 Å². The van der Waals surface area contributed by atoms with Gasteiger partial charge in [0, 0.05) is 44.4 Å². The zero-order chi connectivity index (χ0) is 13.0. The average Bonchev–Trinajstić information content (AvgIpc) is 2.40. The van der Waals surface area contributed by atoms with Crippen LogP contribution in [0, 0.1) is 12.7 Å². The number of hydrogen-bond donors (Lipinski definition) is 2. The lowest BCUT2D eigenvalue weighted by molar-refractivity contribution is 0.138. The summed E-state index contributed by atoms with van der Waals surface area (Å²) in [4.78, 5) is 2.25. The van der Waals surface area contributed by atoms with Gasteiger partial charge in [0.1, 0.15) is 5.82 Å². The first-order chi connectivity index (χ1) is 8.72. The van der Waals surface area contributed by atoms with Crippen molar-refractivity contribution in [2.45, 2.75) is 19.4 Å². The van der Waals surface area contributed by atoms with Gasteiger partial charge in [0.15, 0.2) is 0 Å². The van der Waals surface area contributed by atoms with Crippen LogP contribution in [0.1, 0.15) is 23.6 Å². The van der Waals surface area contributed by atoms with Crippen LogP contribution in [-0.2, 0) is 0 Å². The number of nitrogens with zero attached hydrogens (tertiary/aromatic N) is 1. The lowest BCUT2D eigenvalue weighted by Crippen LogP contribution is -2.45. The van der Waals surface area contributed by atoms with Gasteiger partial charge < -0.3 is 10.4 Å². The van der Waals surface area contributed by atoms with Crippen LogP contribution >= 0.6 is 12.4 Å². The molecule has 0 spiro atoms. The fourth-order valence-corrected chi connectivity index (χ4v) is 2.57. The Balaban J connectivity index is 0.00000180. The van der Waals surface area contributed by atoms with E-state index in [1.54, 1.807) is 6.07 Å². The quantitative estimate of drug-likeness (QED) is 0.888. The number of aryl methyl sites for hydroxylation is 1. The van der Waals surface area contributed by atoms with E-state index in [9.17, 15) is 9.50 Å². The van der Waals surface area contributed by atoms with Crippen LogP contribution in [0.2, 0.25) is 0 Å². The van der Waals surface area contributed by atoms with Gasteiger partial charge in [-0.1, -0.05) is 17.7 Å². The van der Waals surface area contributed by atoms with Crippen molar-refractivity contribution in [2.24, 2.45) is 0 Å². The molecular formula is C14H22ClFN2O. The summed E-state index contributed by atoms with van der Waals surface area (Å²) < 4.78 is 14.0. The number of rotatable bonds is 4. The number of nitrogens with one attached hydrogen (secondary N) is 1. The Morgan fingerprint density at radius 3 is 2.68 bits per heavy atom. The third-order valence-electron chi connectivity index (χ3n) is 3.51. The first kappa shape index (κ1) is 16.4. The molecule has 2 N–H and O–H groups in total. The summed E-state index contributed by atoms with van der Waals surface area (Å²) in [5, 5.41) is 12.5. The van der Waals surface area contributed by atoms with Gasteiger partial charge in [0.2, 0.25) is 0 Å². The number of benzene rings is 1. The summed E-state index contributed by atoms with van der Waals surface area (Å²) in [5.74, 6) is -0.169. The molecule has 5 heteroatoms. The molecule has 3 nitrogen and oxygen atoms in total. The second kappa shape index (κ2) is 7.80. The van der Waals surface area contributed by atoms with Gasteiger partial charge in [-0.15, -0.1) is 12.4 Å². The van der Waals surface area contributed by atoms with Crippen LogP contribution in [0.4, 0.5) is 4.39 Å². The van der Waals surface area contributed by atoms with E-state index in [1.807, 2.05) is 13.0 Å². The summed E-state index contributed by atoms with van der Waals surface area (Å²) in [5.41, 5.74) is 1.77. The molecule has 0 amide bonds. The van der Waals surface area contributed by atoms with E-state index in [-0.39, 0.29) is 30.9 Å². The molecule has 1 aromatic rings. The molecule has 0 radical (unpaired) electrons. The minimum absolute atomic E-state index is 0. The number of halogens is 2. The van der Waals surface area contributed by atoms with E-state index >= 15 is 0 Å². The predicted molar refractivity (Wildman–Crippen MR) is 77.3 cm³/mol. The SMILES string of the molecule is Cc1ccc(F)c([C@H](CCO)N2CCNCC2)c1.Cl. The highest BCUT2D eigenvalue weighted by molar-refractivity contribution is 5.85. The third kappa shape index (κ3) is 4.14. The van der Waals surface area contributed by atoms with Crippen molar-refractivity contribution < 1.29 is 9.50 Å². The highest BCUT2D eigenvalue weighted by atomic mass is 35.5. The van der Waals surface area contributed by atoms with Gasteiger partial charge in [-0.25, -0.2) is 4.39 Å². The Bertz CT molecular complexity index is 397. The second-order valence-electron chi connectivity index (χ2n) is 4.84. The fourth-order valence-electron chi connectivity index (χ4n) is 2.57. The lowest BCUT2D eigenvalue weighted by Gasteiger charge is -2.35. The summed E-state index contributed by atoms with van der Waals surface area (Å²) in [7, 11) is 0. The van der Waals surface area contributed by atoms with Crippen molar-refractivity contribution in [1.29, 1.82) is 0 Å². The highest BCUT2D eigenvalue weighted by Crippen LogP contribution is 2.27. The van der Waals surface area contributed by atoms with E-state index in [4.69, 9.17) is 0 Å². The molecule has 19 heavy (non-hydrogen) atoms. The first-order valence-electron chi connectivity index (χ1n) is 6.54. The van der Waals surface area contributed by atoms with Crippen LogP contribution in [-0.4, -0.2) is 42.8 Å². The minimum atomic E-state index is -0.169. The topological polar surface area (TPSA) is 35.5 Å². The molecule has 1 atom stereocenters. The van der Waals surface area contributed by atoms with Crippen molar-refractivity contribution in [3.05, 3.63) is 35.1 Å². The maximum atomic E-state index is 14.0. The maximum Gasteiger partial charge on any atom is 0.128 e. The van der Waals surface area contributed by atoms with E-state index in [1.165, 1.54) is 6.07 Å². The first-order valence-corrected chi connectivity index (χ1v) is 6.54. The van der Waals surface area contributed by atoms with Crippen molar-refractivity contribution in [3.63, 3.8) is 0 Å². The minimum Gasteiger partial charge on any atom is -0.396 e. The number of hydrogen-bond acceptors (Lipinski definition) is 3. The van der Waals surface area contributed by atoms with Crippen LogP contribution in [0.15, 0.2) is 18.2 Å². The monoisotopic (exact) mass is 288 g/mol. The largest absolute Gasteiger partial charge is 0.396 e. The summed E-state index contributed by atoms with van der Waals surface area (Å²) in [6.45, 7) is 5.71. The molecule has 2 rings (SSSR count). The molecular weight excluding hydrogens is 267 g/mol. The highest BCUT2D eigenvalue weighted by Gasteiger charge is 2.24. The van der Waals surface area contributed by atoms with E-state index in [0.29, 0.717) is 12.0 Å². The van der Waals surface area contributed by atoms with Gasteiger partial charge in [-0.3, -0.25) is 4.90 Å².